The van der Waals surface area contributed by atoms with Crippen LogP contribution in [0.25, 0.3) is 6.08 Å². The number of carbonyl (C=O) groups excluding carboxylic acids is 1. The molecule has 0 aliphatic carbocycles. The van der Waals surface area contributed by atoms with Gasteiger partial charge in [-0.2, -0.15) is 0 Å². The summed E-state index contributed by atoms with van der Waals surface area (Å²) in [5.74, 6) is -0.0467. The van der Waals surface area contributed by atoms with Gasteiger partial charge in [0.25, 0.3) is 0 Å². The summed E-state index contributed by atoms with van der Waals surface area (Å²) >= 11 is 11.9. The van der Waals surface area contributed by atoms with Crippen LogP contribution in [0.15, 0.2) is 48.5 Å². The standard InChI is InChI=1S/C19H17Cl2NO2/c20-17-7-1-14(13-18(17)21)2-8-19(23)15-3-5-16(6-4-15)22-9-11-24-12-10-22/h1-8,13H,9-12H2/b8-2+. The number of hydrogen-bond donors (Lipinski definition) is 0. The lowest BCUT2D eigenvalue weighted by Crippen LogP contribution is -2.36. The summed E-state index contributed by atoms with van der Waals surface area (Å²) in [6, 6.07) is 12.9. The topological polar surface area (TPSA) is 29.5 Å². The summed E-state index contributed by atoms with van der Waals surface area (Å²) in [5, 5.41) is 0.972. The van der Waals surface area contributed by atoms with Crippen molar-refractivity contribution in [3.8, 4) is 0 Å². The molecule has 2 aromatic carbocycles. The molecular formula is C19H17Cl2NO2. The van der Waals surface area contributed by atoms with Gasteiger partial charge in [0.15, 0.2) is 5.78 Å². The Morgan fingerprint density at radius 1 is 1.00 bits per heavy atom. The van der Waals surface area contributed by atoms with Crippen molar-refractivity contribution >= 4 is 40.7 Å². The summed E-state index contributed by atoms with van der Waals surface area (Å²) in [6.07, 6.45) is 3.28. The Bertz CT molecular complexity index is 750. The predicted molar refractivity (Wildman–Crippen MR) is 99.3 cm³/mol. The highest BCUT2D eigenvalue weighted by molar-refractivity contribution is 6.42. The molecule has 0 saturated carbocycles. The lowest BCUT2D eigenvalue weighted by Gasteiger charge is -2.28. The zero-order chi connectivity index (χ0) is 16.9. The fourth-order valence-electron chi connectivity index (χ4n) is 2.54. The first-order valence-corrected chi connectivity index (χ1v) is 8.49. The molecule has 0 radical (unpaired) electrons. The van der Waals surface area contributed by atoms with Crippen molar-refractivity contribution in [2.75, 3.05) is 31.2 Å². The minimum atomic E-state index is -0.0467. The van der Waals surface area contributed by atoms with E-state index in [-0.39, 0.29) is 5.78 Å². The number of hydrogen-bond acceptors (Lipinski definition) is 3. The number of anilines is 1. The molecule has 5 heteroatoms. The molecule has 1 aliphatic rings. The van der Waals surface area contributed by atoms with Crippen LogP contribution < -0.4 is 4.90 Å². The summed E-state index contributed by atoms with van der Waals surface area (Å²) < 4.78 is 5.35. The quantitative estimate of drug-likeness (QED) is 0.582. The average molecular weight is 362 g/mol. The second-order valence-electron chi connectivity index (χ2n) is 5.52. The highest BCUT2D eigenvalue weighted by atomic mass is 35.5. The van der Waals surface area contributed by atoms with Crippen LogP contribution in [0, 0.1) is 0 Å². The number of allylic oxidation sites excluding steroid dienone is 1. The van der Waals surface area contributed by atoms with E-state index >= 15 is 0 Å². The van der Waals surface area contributed by atoms with Crippen LogP contribution in [0.1, 0.15) is 15.9 Å². The molecular weight excluding hydrogens is 345 g/mol. The zero-order valence-corrected chi connectivity index (χ0v) is 14.6. The molecule has 124 valence electrons. The smallest absolute Gasteiger partial charge is 0.185 e. The van der Waals surface area contributed by atoms with Crippen LogP contribution in [0.3, 0.4) is 0 Å². The predicted octanol–water partition coefficient (Wildman–Crippen LogP) is 4.73. The molecule has 0 N–H and O–H groups in total. The molecule has 3 nitrogen and oxygen atoms in total. The Balaban J connectivity index is 1.68. The fourth-order valence-corrected chi connectivity index (χ4v) is 2.85. The molecule has 1 aliphatic heterocycles. The molecule has 2 aromatic rings. The van der Waals surface area contributed by atoms with Gasteiger partial charge >= 0.3 is 0 Å². The monoisotopic (exact) mass is 361 g/mol. The SMILES string of the molecule is O=C(/C=C/c1ccc(Cl)c(Cl)c1)c1ccc(N2CCOCC2)cc1. The van der Waals surface area contributed by atoms with Crippen LogP contribution in [-0.2, 0) is 4.74 Å². The molecule has 1 saturated heterocycles. The first-order valence-electron chi connectivity index (χ1n) is 7.74. The van der Waals surface area contributed by atoms with Crippen molar-refractivity contribution < 1.29 is 9.53 Å². The lowest BCUT2D eigenvalue weighted by atomic mass is 10.1. The van der Waals surface area contributed by atoms with E-state index in [4.69, 9.17) is 27.9 Å². The van der Waals surface area contributed by atoms with Crippen molar-refractivity contribution in [3.05, 3.63) is 69.7 Å². The molecule has 1 heterocycles. The number of morpholine rings is 1. The summed E-state index contributed by atoms with van der Waals surface area (Å²) in [4.78, 5) is 14.5. The van der Waals surface area contributed by atoms with Crippen molar-refractivity contribution in [2.45, 2.75) is 0 Å². The van der Waals surface area contributed by atoms with Gasteiger partial charge in [-0.25, -0.2) is 0 Å². The molecule has 0 atom stereocenters. The third-order valence-electron chi connectivity index (χ3n) is 3.90. The van der Waals surface area contributed by atoms with Gasteiger partial charge in [0, 0.05) is 24.3 Å². The van der Waals surface area contributed by atoms with Gasteiger partial charge < -0.3 is 9.64 Å². The van der Waals surface area contributed by atoms with Gasteiger partial charge in [-0.15, -0.1) is 0 Å². The summed E-state index contributed by atoms with van der Waals surface area (Å²) in [5.41, 5.74) is 2.61. The first-order chi connectivity index (χ1) is 11.6. The van der Waals surface area contributed by atoms with E-state index in [2.05, 4.69) is 4.90 Å². The van der Waals surface area contributed by atoms with E-state index in [1.807, 2.05) is 30.3 Å². The van der Waals surface area contributed by atoms with Gasteiger partial charge in [-0.3, -0.25) is 4.79 Å². The van der Waals surface area contributed by atoms with Gasteiger partial charge in [0.2, 0.25) is 0 Å². The van der Waals surface area contributed by atoms with E-state index in [1.165, 1.54) is 0 Å². The number of nitrogens with zero attached hydrogens (tertiary/aromatic N) is 1. The number of carbonyl (C=O) groups is 1. The summed E-state index contributed by atoms with van der Waals surface area (Å²) in [6.45, 7) is 3.25. The maximum atomic E-state index is 12.3. The molecule has 0 amide bonds. The van der Waals surface area contributed by atoms with E-state index < -0.39 is 0 Å². The van der Waals surface area contributed by atoms with Crippen molar-refractivity contribution in [1.29, 1.82) is 0 Å². The third-order valence-corrected chi connectivity index (χ3v) is 4.64. The second-order valence-corrected chi connectivity index (χ2v) is 6.33. The van der Waals surface area contributed by atoms with Gasteiger partial charge in [0.1, 0.15) is 0 Å². The Hall–Kier alpha value is -1.81. The average Bonchev–Trinajstić information content (AvgIpc) is 2.63. The van der Waals surface area contributed by atoms with Crippen LogP contribution in [0.4, 0.5) is 5.69 Å². The zero-order valence-electron chi connectivity index (χ0n) is 13.0. The maximum Gasteiger partial charge on any atom is 0.185 e. The minimum absolute atomic E-state index is 0.0467. The number of benzene rings is 2. The molecule has 0 spiro atoms. The van der Waals surface area contributed by atoms with Gasteiger partial charge in [-0.05, 0) is 48.0 Å². The highest BCUT2D eigenvalue weighted by Gasteiger charge is 2.11. The van der Waals surface area contributed by atoms with Crippen molar-refractivity contribution in [1.82, 2.24) is 0 Å². The maximum absolute atomic E-state index is 12.3. The largest absolute Gasteiger partial charge is 0.378 e. The van der Waals surface area contributed by atoms with Crippen molar-refractivity contribution in [3.63, 3.8) is 0 Å². The van der Waals surface area contributed by atoms with E-state index in [0.717, 1.165) is 37.6 Å². The van der Waals surface area contributed by atoms with Crippen LogP contribution in [-0.4, -0.2) is 32.1 Å². The Labute approximate surface area is 151 Å². The second kappa shape index (κ2) is 7.84. The Morgan fingerprint density at radius 2 is 1.71 bits per heavy atom. The van der Waals surface area contributed by atoms with E-state index in [0.29, 0.717) is 15.6 Å². The Morgan fingerprint density at radius 3 is 2.38 bits per heavy atom. The molecule has 0 unspecified atom stereocenters. The van der Waals surface area contributed by atoms with E-state index in [9.17, 15) is 4.79 Å². The van der Waals surface area contributed by atoms with Crippen LogP contribution in [0.5, 0.6) is 0 Å². The number of halogens is 2. The normalized spacial score (nSPS) is 15.0. The minimum Gasteiger partial charge on any atom is -0.378 e. The first kappa shape index (κ1) is 17.0. The molecule has 0 aromatic heterocycles. The number of ketones is 1. The summed E-state index contributed by atoms with van der Waals surface area (Å²) in [7, 11) is 0. The van der Waals surface area contributed by atoms with E-state index in [1.54, 1.807) is 24.3 Å². The number of ether oxygens (including phenoxy) is 1. The third kappa shape index (κ3) is 4.18. The van der Waals surface area contributed by atoms with Crippen LogP contribution in [0.2, 0.25) is 10.0 Å². The van der Waals surface area contributed by atoms with Crippen molar-refractivity contribution in [2.24, 2.45) is 0 Å². The molecule has 0 bridgehead atoms. The van der Waals surface area contributed by atoms with Gasteiger partial charge in [0.05, 0.1) is 23.3 Å². The lowest BCUT2D eigenvalue weighted by molar-refractivity contribution is 0.104. The molecule has 24 heavy (non-hydrogen) atoms. The number of rotatable bonds is 4. The molecule has 1 fully saturated rings. The van der Waals surface area contributed by atoms with Crippen LogP contribution >= 0.6 is 23.2 Å². The fraction of sp³-hybridized carbons (Fsp3) is 0.211. The highest BCUT2D eigenvalue weighted by Crippen LogP contribution is 2.23. The Kier molecular flexibility index (Phi) is 5.56. The van der Waals surface area contributed by atoms with Gasteiger partial charge in [-0.1, -0.05) is 35.3 Å². The molecule has 3 rings (SSSR count).